The van der Waals surface area contributed by atoms with Crippen molar-refractivity contribution in [2.45, 2.75) is 32.1 Å². The van der Waals surface area contributed by atoms with Gasteiger partial charge in [-0.25, -0.2) is 4.98 Å². The summed E-state index contributed by atoms with van der Waals surface area (Å²) in [6.45, 7) is 4.87. The molecule has 4 rings (SSSR count). The van der Waals surface area contributed by atoms with Crippen molar-refractivity contribution < 1.29 is 14.4 Å². The van der Waals surface area contributed by atoms with E-state index in [0.717, 1.165) is 25.9 Å². The van der Waals surface area contributed by atoms with E-state index < -0.39 is 0 Å². The standard InChI is InChI=1S/C22H29N5O3S2/c28-19(14-17-16-32-22(23-17)24-21(30)18-6-5-13-31-18)27-11-9-25(10-12-27)15-20(29)26-7-3-1-2-4-8-26/h5-6,13,16H,1-4,7-12,14-15H2,(H,23,24,30). The Hall–Kier alpha value is -2.30. The molecule has 172 valence electrons. The summed E-state index contributed by atoms with van der Waals surface area (Å²) in [6, 6.07) is 3.59. The minimum Gasteiger partial charge on any atom is -0.342 e. The Morgan fingerprint density at radius 1 is 0.906 bits per heavy atom. The number of carbonyl (C=O) groups excluding carboxylic acids is 3. The Balaban J connectivity index is 1.20. The van der Waals surface area contributed by atoms with Crippen LogP contribution in [0.5, 0.6) is 0 Å². The van der Waals surface area contributed by atoms with Crippen molar-refractivity contribution >= 4 is 45.5 Å². The fourth-order valence-electron chi connectivity index (χ4n) is 4.05. The van der Waals surface area contributed by atoms with Crippen LogP contribution in [0.15, 0.2) is 22.9 Å². The lowest BCUT2D eigenvalue weighted by Gasteiger charge is -2.35. The monoisotopic (exact) mass is 475 g/mol. The van der Waals surface area contributed by atoms with Gasteiger partial charge in [-0.05, 0) is 24.3 Å². The molecular formula is C22H29N5O3S2. The molecular weight excluding hydrogens is 446 g/mol. The fourth-order valence-corrected chi connectivity index (χ4v) is 5.37. The van der Waals surface area contributed by atoms with E-state index in [9.17, 15) is 14.4 Å². The maximum absolute atomic E-state index is 12.7. The maximum Gasteiger partial charge on any atom is 0.267 e. The minimum absolute atomic E-state index is 0.0323. The predicted molar refractivity (Wildman–Crippen MR) is 126 cm³/mol. The zero-order chi connectivity index (χ0) is 22.3. The van der Waals surface area contributed by atoms with Crippen LogP contribution in [-0.2, 0) is 16.0 Å². The van der Waals surface area contributed by atoms with Gasteiger partial charge in [0.15, 0.2) is 5.13 Å². The van der Waals surface area contributed by atoms with Crippen LogP contribution in [-0.4, -0.2) is 83.2 Å². The summed E-state index contributed by atoms with van der Waals surface area (Å²) in [5, 5.41) is 6.96. The normalized spacial score (nSPS) is 17.8. The van der Waals surface area contributed by atoms with Crippen LogP contribution in [0.1, 0.15) is 41.0 Å². The number of hydrogen-bond donors (Lipinski definition) is 1. The number of thiophene rings is 1. The number of nitrogens with one attached hydrogen (secondary N) is 1. The number of aromatic nitrogens is 1. The molecule has 0 saturated carbocycles. The van der Waals surface area contributed by atoms with Crippen molar-refractivity contribution in [2.24, 2.45) is 0 Å². The van der Waals surface area contributed by atoms with E-state index in [1.54, 1.807) is 6.07 Å². The van der Waals surface area contributed by atoms with Crippen LogP contribution in [0.2, 0.25) is 0 Å². The van der Waals surface area contributed by atoms with Gasteiger partial charge in [-0.2, -0.15) is 0 Å². The number of thiazole rings is 1. The van der Waals surface area contributed by atoms with Crippen LogP contribution in [0.3, 0.4) is 0 Å². The van der Waals surface area contributed by atoms with Crippen LogP contribution < -0.4 is 5.32 Å². The first kappa shape index (κ1) is 22.9. The molecule has 0 atom stereocenters. The van der Waals surface area contributed by atoms with Crippen LogP contribution in [0, 0.1) is 0 Å². The minimum atomic E-state index is -0.182. The lowest BCUT2D eigenvalue weighted by Crippen LogP contribution is -2.52. The van der Waals surface area contributed by atoms with Crippen molar-refractivity contribution in [3.8, 4) is 0 Å². The first-order chi connectivity index (χ1) is 15.6. The fraction of sp³-hybridized carbons (Fsp3) is 0.545. The van der Waals surface area contributed by atoms with Gasteiger partial charge in [0.05, 0.1) is 23.5 Å². The Labute approximate surface area is 196 Å². The van der Waals surface area contributed by atoms with E-state index in [0.29, 0.717) is 48.4 Å². The third kappa shape index (κ3) is 6.14. The molecule has 0 radical (unpaired) electrons. The highest BCUT2D eigenvalue weighted by Gasteiger charge is 2.25. The molecule has 8 nitrogen and oxygen atoms in total. The molecule has 4 heterocycles. The number of hydrogen-bond acceptors (Lipinski definition) is 7. The highest BCUT2D eigenvalue weighted by Crippen LogP contribution is 2.19. The zero-order valence-electron chi connectivity index (χ0n) is 18.1. The van der Waals surface area contributed by atoms with Gasteiger partial charge in [-0.1, -0.05) is 18.9 Å². The van der Waals surface area contributed by atoms with E-state index in [1.165, 1.54) is 35.5 Å². The molecule has 0 spiro atoms. The summed E-state index contributed by atoms with van der Waals surface area (Å²) in [7, 11) is 0. The van der Waals surface area contributed by atoms with E-state index >= 15 is 0 Å². The lowest BCUT2D eigenvalue weighted by molar-refractivity contribution is -0.134. The predicted octanol–water partition coefficient (Wildman–Crippen LogP) is 2.55. The number of anilines is 1. The number of rotatable bonds is 6. The third-order valence-corrected chi connectivity index (χ3v) is 7.57. The number of amides is 3. The molecule has 0 aliphatic carbocycles. The van der Waals surface area contributed by atoms with Crippen LogP contribution in [0.25, 0.3) is 0 Å². The number of piperazine rings is 1. The third-order valence-electron chi connectivity index (χ3n) is 5.89. The molecule has 10 heteroatoms. The molecule has 0 unspecified atom stereocenters. The molecule has 2 aromatic rings. The second kappa shape index (κ2) is 11.0. The molecule has 2 aliphatic rings. The summed E-state index contributed by atoms with van der Waals surface area (Å²) in [5.74, 6) is 0.0641. The van der Waals surface area contributed by atoms with Gasteiger partial charge >= 0.3 is 0 Å². The first-order valence-corrected chi connectivity index (χ1v) is 12.9. The summed E-state index contributed by atoms with van der Waals surface area (Å²) < 4.78 is 0. The topological polar surface area (TPSA) is 85.9 Å². The van der Waals surface area contributed by atoms with E-state index in [1.807, 2.05) is 26.6 Å². The van der Waals surface area contributed by atoms with E-state index in [4.69, 9.17) is 0 Å². The largest absolute Gasteiger partial charge is 0.342 e. The second-order valence-electron chi connectivity index (χ2n) is 8.20. The highest BCUT2D eigenvalue weighted by atomic mass is 32.1. The van der Waals surface area contributed by atoms with Crippen molar-refractivity contribution in [1.29, 1.82) is 0 Å². The van der Waals surface area contributed by atoms with Gasteiger partial charge in [0.1, 0.15) is 0 Å². The quantitative estimate of drug-likeness (QED) is 0.694. The Bertz CT molecular complexity index is 914. The SMILES string of the molecule is O=C(Nc1nc(CC(=O)N2CCN(CC(=O)N3CCCCCC3)CC2)cs1)c1cccs1. The van der Waals surface area contributed by atoms with Crippen molar-refractivity contribution in [3.63, 3.8) is 0 Å². The Morgan fingerprint density at radius 3 is 2.31 bits per heavy atom. The van der Waals surface area contributed by atoms with Gasteiger partial charge in [0.2, 0.25) is 11.8 Å². The van der Waals surface area contributed by atoms with E-state index in [-0.39, 0.29) is 24.1 Å². The average molecular weight is 476 g/mol. The molecule has 0 bridgehead atoms. The average Bonchev–Trinajstić information content (AvgIpc) is 3.40. The van der Waals surface area contributed by atoms with Gasteiger partial charge < -0.3 is 9.80 Å². The smallest absolute Gasteiger partial charge is 0.267 e. The molecule has 0 aromatic carbocycles. The molecule has 3 amide bonds. The number of nitrogens with zero attached hydrogens (tertiary/aromatic N) is 4. The van der Waals surface area contributed by atoms with Crippen LogP contribution >= 0.6 is 22.7 Å². The van der Waals surface area contributed by atoms with Gasteiger partial charge in [-0.15, -0.1) is 22.7 Å². The Kier molecular flexibility index (Phi) is 7.88. The second-order valence-corrected chi connectivity index (χ2v) is 10.0. The van der Waals surface area contributed by atoms with Crippen molar-refractivity contribution in [3.05, 3.63) is 33.5 Å². The molecule has 2 aliphatic heterocycles. The van der Waals surface area contributed by atoms with Crippen molar-refractivity contribution in [2.75, 3.05) is 51.1 Å². The lowest BCUT2D eigenvalue weighted by atomic mass is 10.2. The Morgan fingerprint density at radius 2 is 1.62 bits per heavy atom. The summed E-state index contributed by atoms with van der Waals surface area (Å²) >= 11 is 2.70. The zero-order valence-corrected chi connectivity index (χ0v) is 19.8. The van der Waals surface area contributed by atoms with Crippen LogP contribution in [0.4, 0.5) is 5.13 Å². The summed E-state index contributed by atoms with van der Waals surface area (Å²) in [5.41, 5.74) is 0.667. The highest BCUT2D eigenvalue weighted by molar-refractivity contribution is 7.14. The molecule has 2 fully saturated rings. The summed E-state index contributed by atoms with van der Waals surface area (Å²) in [4.78, 5) is 48.5. The van der Waals surface area contributed by atoms with E-state index in [2.05, 4.69) is 15.2 Å². The molecule has 32 heavy (non-hydrogen) atoms. The molecule has 2 saturated heterocycles. The first-order valence-electron chi connectivity index (χ1n) is 11.2. The molecule has 2 aromatic heterocycles. The van der Waals surface area contributed by atoms with Crippen molar-refractivity contribution in [1.82, 2.24) is 19.7 Å². The summed E-state index contributed by atoms with van der Waals surface area (Å²) in [6.07, 6.45) is 4.85. The van der Waals surface area contributed by atoms with Gasteiger partial charge in [-0.3, -0.25) is 24.6 Å². The number of likely N-dealkylation sites (tertiary alicyclic amines) is 1. The van der Waals surface area contributed by atoms with Gasteiger partial charge in [0.25, 0.3) is 5.91 Å². The van der Waals surface area contributed by atoms with Gasteiger partial charge in [0, 0.05) is 44.6 Å². The number of carbonyl (C=O) groups is 3. The maximum atomic E-state index is 12.7. The molecule has 1 N–H and O–H groups in total.